The first kappa shape index (κ1) is 28.8. The predicted octanol–water partition coefficient (Wildman–Crippen LogP) is 2.55. The summed E-state index contributed by atoms with van der Waals surface area (Å²) in [5, 5.41) is 30.8. The smallest absolute Gasteiger partial charge is 0.187 e. The van der Waals surface area contributed by atoms with Crippen LogP contribution in [-0.2, 0) is 48.2 Å². The van der Waals surface area contributed by atoms with E-state index < -0.39 is 49.2 Å². The van der Waals surface area contributed by atoms with E-state index in [2.05, 4.69) is 0 Å². The monoisotopic (exact) mass is 552 g/mol. The molecule has 2 aliphatic rings. The Balaban J connectivity index is 1.38. The normalized spacial score (nSPS) is 30.7. The third-order valence-corrected chi connectivity index (χ3v) is 6.98. The molecular formula is C31H36O9. The molecule has 0 saturated carbocycles. The van der Waals surface area contributed by atoms with Crippen molar-refractivity contribution in [3.63, 3.8) is 0 Å². The minimum absolute atomic E-state index is 0.182. The summed E-state index contributed by atoms with van der Waals surface area (Å²) in [5.74, 6) is 0. The van der Waals surface area contributed by atoms with E-state index in [0.717, 1.165) is 16.7 Å². The van der Waals surface area contributed by atoms with Crippen molar-refractivity contribution in [1.82, 2.24) is 0 Å². The summed E-state index contributed by atoms with van der Waals surface area (Å²) in [6, 6.07) is 29.2. The fraction of sp³-hybridized carbons (Fsp3) is 0.419. The highest BCUT2D eigenvalue weighted by Gasteiger charge is 2.48. The molecule has 0 aliphatic carbocycles. The Morgan fingerprint density at radius 1 is 0.550 bits per heavy atom. The maximum Gasteiger partial charge on any atom is 0.187 e. The molecule has 8 atom stereocenters. The van der Waals surface area contributed by atoms with Gasteiger partial charge in [-0.25, -0.2) is 0 Å². The number of benzene rings is 3. The maximum absolute atomic E-state index is 10.6. The Labute approximate surface area is 233 Å². The molecule has 9 nitrogen and oxygen atoms in total. The van der Waals surface area contributed by atoms with E-state index in [-0.39, 0.29) is 26.4 Å². The first-order chi connectivity index (χ1) is 19.6. The van der Waals surface area contributed by atoms with Gasteiger partial charge in [0, 0.05) is 0 Å². The van der Waals surface area contributed by atoms with E-state index in [1.807, 2.05) is 91.0 Å². The summed E-state index contributed by atoms with van der Waals surface area (Å²) in [4.78, 5) is 0. The van der Waals surface area contributed by atoms with Crippen LogP contribution >= 0.6 is 0 Å². The van der Waals surface area contributed by atoms with Crippen LogP contribution in [0.25, 0.3) is 0 Å². The van der Waals surface area contributed by atoms with Gasteiger partial charge in [0.1, 0.15) is 36.6 Å². The summed E-state index contributed by atoms with van der Waals surface area (Å²) in [6.45, 7) is 0.839. The number of ether oxygens (including phenoxy) is 6. The number of hydrogen-bond donors (Lipinski definition) is 3. The van der Waals surface area contributed by atoms with Crippen molar-refractivity contribution in [3.05, 3.63) is 108 Å². The molecule has 9 heteroatoms. The van der Waals surface area contributed by atoms with Gasteiger partial charge < -0.3 is 43.7 Å². The summed E-state index contributed by atoms with van der Waals surface area (Å²) in [5.41, 5.74) is 2.90. The maximum atomic E-state index is 10.6. The van der Waals surface area contributed by atoms with Gasteiger partial charge in [-0.05, 0) is 16.7 Å². The predicted molar refractivity (Wildman–Crippen MR) is 144 cm³/mol. The quantitative estimate of drug-likeness (QED) is 0.330. The van der Waals surface area contributed by atoms with Gasteiger partial charge in [-0.2, -0.15) is 0 Å². The van der Waals surface area contributed by atoms with E-state index >= 15 is 0 Å². The Hall–Kier alpha value is -2.70. The molecule has 214 valence electrons. The second kappa shape index (κ2) is 14.3. The molecule has 40 heavy (non-hydrogen) atoms. The first-order valence-electron chi connectivity index (χ1n) is 13.5. The van der Waals surface area contributed by atoms with Crippen LogP contribution in [0.2, 0.25) is 0 Å². The van der Waals surface area contributed by atoms with Gasteiger partial charge in [-0.3, -0.25) is 0 Å². The van der Waals surface area contributed by atoms with Gasteiger partial charge >= 0.3 is 0 Å². The van der Waals surface area contributed by atoms with Gasteiger partial charge in [0.15, 0.2) is 12.6 Å². The van der Waals surface area contributed by atoms with Crippen molar-refractivity contribution in [2.24, 2.45) is 0 Å². The third kappa shape index (κ3) is 7.52. The largest absolute Gasteiger partial charge is 0.388 e. The lowest BCUT2D eigenvalue weighted by atomic mass is 10.0. The topological polar surface area (TPSA) is 116 Å². The molecule has 0 aromatic heterocycles. The Bertz CT molecular complexity index is 1130. The zero-order chi connectivity index (χ0) is 27.7. The lowest BCUT2D eigenvalue weighted by molar-refractivity contribution is -0.352. The standard InChI is InChI=1S/C31H36O9/c32-24-19-38-30(27(34)26(24)33)40-29-28(36-17-22-12-6-2-7-13-22)25(35-16-21-10-4-1-5-11-21)20-39-31(29)37-18-23-14-8-3-9-15-23/h1-15,24-34H,16-20H2/t24-,25-,26-,27+,28-,29+,30-,31+/m1/s1. The molecule has 3 aromatic carbocycles. The summed E-state index contributed by atoms with van der Waals surface area (Å²) < 4.78 is 36.8. The second-order valence-electron chi connectivity index (χ2n) is 9.95. The summed E-state index contributed by atoms with van der Waals surface area (Å²) >= 11 is 0. The number of rotatable bonds is 11. The average Bonchev–Trinajstić information content (AvgIpc) is 3.00. The number of hydrogen-bond acceptors (Lipinski definition) is 9. The van der Waals surface area contributed by atoms with Crippen LogP contribution in [0, 0.1) is 0 Å². The van der Waals surface area contributed by atoms with Gasteiger partial charge in [-0.1, -0.05) is 91.0 Å². The molecule has 3 N–H and O–H groups in total. The lowest BCUT2D eigenvalue weighted by Crippen LogP contribution is -2.61. The van der Waals surface area contributed by atoms with Gasteiger partial charge in [0.05, 0.1) is 33.0 Å². The van der Waals surface area contributed by atoms with E-state index in [0.29, 0.717) is 6.61 Å². The Morgan fingerprint density at radius 2 is 1.05 bits per heavy atom. The number of aliphatic hydroxyl groups is 3. The van der Waals surface area contributed by atoms with Crippen LogP contribution in [0.4, 0.5) is 0 Å². The van der Waals surface area contributed by atoms with Crippen LogP contribution in [-0.4, -0.2) is 77.7 Å². The zero-order valence-corrected chi connectivity index (χ0v) is 22.1. The number of aliphatic hydroxyl groups excluding tert-OH is 3. The minimum atomic E-state index is -1.49. The van der Waals surface area contributed by atoms with Gasteiger partial charge in [0.25, 0.3) is 0 Å². The van der Waals surface area contributed by atoms with Crippen molar-refractivity contribution in [1.29, 1.82) is 0 Å². The molecule has 0 unspecified atom stereocenters. The summed E-state index contributed by atoms with van der Waals surface area (Å²) in [6.07, 6.45) is -8.40. The average molecular weight is 553 g/mol. The first-order valence-corrected chi connectivity index (χ1v) is 13.5. The Kier molecular flexibility index (Phi) is 10.3. The molecular weight excluding hydrogens is 516 g/mol. The van der Waals surface area contributed by atoms with Crippen molar-refractivity contribution >= 4 is 0 Å². The van der Waals surface area contributed by atoms with Crippen molar-refractivity contribution in [2.75, 3.05) is 13.2 Å². The Morgan fingerprint density at radius 3 is 1.62 bits per heavy atom. The van der Waals surface area contributed by atoms with Crippen molar-refractivity contribution < 1.29 is 43.7 Å². The van der Waals surface area contributed by atoms with Crippen LogP contribution in [0.3, 0.4) is 0 Å². The lowest BCUT2D eigenvalue weighted by Gasteiger charge is -2.44. The van der Waals surface area contributed by atoms with E-state index in [1.54, 1.807) is 0 Å². The molecule has 0 amide bonds. The molecule has 2 saturated heterocycles. The molecule has 0 radical (unpaired) electrons. The highest BCUT2D eigenvalue weighted by molar-refractivity contribution is 5.15. The van der Waals surface area contributed by atoms with Crippen molar-refractivity contribution in [3.8, 4) is 0 Å². The van der Waals surface area contributed by atoms with Crippen LogP contribution in [0.5, 0.6) is 0 Å². The SMILES string of the molecule is O[C@@H]1[C@@H](O[C@@H]2[C@@H](OCc3ccccc3)OC[C@@H](OCc3ccccc3)[C@H]2OCc2ccccc2)OC[C@@H](O)[C@H]1O. The highest BCUT2D eigenvalue weighted by Crippen LogP contribution is 2.30. The second-order valence-corrected chi connectivity index (χ2v) is 9.95. The molecule has 0 spiro atoms. The van der Waals surface area contributed by atoms with Crippen molar-refractivity contribution in [2.45, 2.75) is 69.0 Å². The molecule has 3 aromatic rings. The van der Waals surface area contributed by atoms with Gasteiger partial charge in [0.2, 0.25) is 0 Å². The van der Waals surface area contributed by atoms with Crippen LogP contribution in [0.1, 0.15) is 16.7 Å². The molecule has 2 heterocycles. The fourth-order valence-corrected chi connectivity index (χ4v) is 4.73. The van der Waals surface area contributed by atoms with E-state index in [4.69, 9.17) is 28.4 Å². The minimum Gasteiger partial charge on any atom is -0.388 e. The molecule has 2 fully saturated rings. The van der Waals surface area contributed by atoms with E-state index in [9.17, 15) is 15.3 Å². The zero-order valence-electron chi connectivity index (χ0n) is 22.1. The third-order valence-electron chi connectivity index (χ3n) is 6.98. The molecule has 5 rings (SSSR count). The fourth-order valence-electron chi connectivity index (χ4n) is 4.73. The van der Waals surface area contributed by atoms with Gasteiger partial charge in [-0.15, -0.1) is 0 Å². The van der Waals surface area contributed by atoms with Crippen LogP contribution < -0.4 is 0 Å². The highest BCUT2D eigenvalue weighted by atomic mass is 16.8. The van der Waals surface area contributed by atoms with Crippen LogP contribution in [0.15, 0.2) is 91.0 Å². The summed E-state index contributed by atoms with van der Waals surface area (Å²) in [7, 11) is 0. The molecule has 0 bridgehead atoms. The van der Waals surface area contributed by atoms with E-state index in [1.165, 1.54) is 0 Å². The molecule has 2 aliphatic heterocycles.